The summed E-state index contributed by atoms with van der Waals surface area (Å²) < 4.78 is 10.2. The second-order valence-corrected chi connectivity index (χ2v) is 2.91. The molecule has 0 heterocycles. The van der Waals surface area contributed by atoms with Crippen LogP contribution in [0, 0.1) is 0 Å². The molecule has 2 N–H and O–H groups in total. The highest BCUT2D eigenvalue weighted by molar-refractivity contribution is 5.48. The molecule has 1 amide bonds. The van der Waals surface area contributed by atoms with Crippen molar-refractivity contribution in [1.29, 1.82) is 0 Å². The molecular formula is C10H13N2O3. The van der Waals surface area contributed by atoms with E-state index in [2.05, 4.69) is 0 Å². The van der Waals surface area contributed by atoms with Gasteiger partial charge in [0.1, 0.15) is 0 Å². The Morgan fingerprint density at radius 3 is 2.53 bits per heavy atom. The molecule has 0 spiro atoms. The average Bonchev–Trinajstić information content (AvgIpc) is 2.28. The summed E-state index contributed by atoms with van der Waals surface area (Å²) in [6.45, 7) is 0.282. The zero-order valence-corrected chi connectivity index (χ0v) is 8.69. The molecular weight excluding hydrogens is 196 g/mol. The Hall–Kier alpha value is -1.75. The van der Waals surface area contributed by atoms with E-state index in [1.165, 1.54) is 0 Å². The number of benzene rings is 1. The van der Waals surface area contributed by atoms with Crippen LogP contribution >= 0.6 is 0 Å². The number of carbonyl (C=O) groups excluding carboxylic acids is 1. The largest absolute Gasteiger partial charge is 0.493 e. The third-order valence-electron chi connectivity index (χ3n) is 1.92. The summed E-state index contributed by atoms with van der Waals surface area (Å²) in [5.74, 6) is 6.55. The van der Waals surface area contributed by atoms with E-state index < -0.39 is 0 Å². The minimum Gasteiger partial charge on any atom is -0.493 e. The van der Waals surface area contributed by atoms with Crippen molar-refractivity contribution in [2.24, 2.45) is 5.84 Å². The van der Waals surface area contributed by atoms with Gasteiger partial charge in [0.2, 0.25) is 0 Å². The first-order chi connectivity index (χ1) is 7.21. The van der Waals surface area contributed by atoms with Crippen LogP contribution in [0.2, 0.25) is 0 Å². The molecule has 5 nitrogen and oxygen atoms in total. The lowest BCUT2D eigenvalue weighted by atomic mass is 10.2. The van der Waals surface area contributed by atoms with Gasteiger partial charge in [-0.3, -0.25) is 9.80 Å². The molecule has 0 fully saturated rings. The highest BCUT2D eigenvalue weighted by atomic mass is 16.5. The van der Waals surface area contributed by atoms with Crippen LogP contribution < -0.4 is 15.3 Å². The minimum atomic E-state index is 0.282. The summed E-state index contributed by atoms with van der Waals surface area (Å²) in [5.41, 5.74) is 0.846. The van der Waals surface area contributed by atoms with Crippen molar-refractivity contribution >= 4 is 6.41 Å². The maximum Gasteiger partial charge on any atom is 0.327 e. The maximum absolute atomic E-state index is 10.2. The van der Waals surface area contributed by atoms with E-state index in [0.29, 0.717) is 11.5 Å². The summed E-state index contributed by atoms with van der Waals surface area (Å²) in [6, 6.07) is 5.32. The number of hydrogen-bond donors (Lipinski definition) is 1. The molecule has 0 unspecified atom stereocenters. The second kappa shape index (κ2) is 5.21. The van der Waals surface area contributed by atoms with Crippen LogP contribution in [-0.4, -0.2) is 25.6 Å². The summed E-state index contributed by atoms with van der Waals surface area (Å²) >= 11 is 0. The second-order valence-electron chi connectivity index (χ2n) is 2.91. The zero-order chi connectivity index (χ0) is 11.3. The van der Waals surface area contributed by atoms with E-state index in [9.17, 15) is 4.79 Å². The molecule has 1 aromatic rings. The Morgan fingerprint density at radius 2 is 2.00 bits per heavy atom. The highest BCUT2D eigenvalue weighted by Crippen LogP contribution is 2.27. The first-order valence-corrected chi connectivity index (χ1v) is 4.32. The first kappa shape index (κ1) is 11.3. The van der Waals surface area contributed by atoms with Crippen molar-refractivity contribution < 1.29 is 14.3 Å². The van der Waals surface area contributed by atoms with Gasteiger partial charge in [-0.05, 0) is 17.7 Å². The lowest BCUT2D eigenvalue weighted by Crippen LogP contribution is -2.28. The number of rotatable bonds is 5. The lowest BCUT2D eigenvalue weighted by molar-refractivity contribution is 0.352. The fraction of sp³-hybridized carbons (Fsp3) is 0.300. The number of hydrazine groups is 1. The van der Waals surface area contributed by atoms with Crippen molar-refractivity contribution in [3.63, 3.8) is 0 Å². The molecule has 5 heteroatoms. The Labute approximate surface area is 88.3 Å². The normalized spacial score (nSPS) is 9.53. The van der Waals surface area contributed by atoms with Gasteiger partial charge in [0.25, 0.3) is 0 Å². The van der Waals surface area contributed by atoms with Crippen LogP contribution in [0.1, 0.15) is 5.56 Å². The van der Waals surface area contributed by atoms with Crippen molar-refractivity contribution in [3.05, 3.63) is 23.8 Å². The number of amides is 1. The molecule has 0 saturated carbocycles. The zero-order valence-electron chi connectivity index (χ0n) is 8.69. The monoisotopic (exact) mass is 209 g/mol. The number of ether oxygens (including phenoxy) is 2. The summed E-state index contributed by atoms with van der Waals surface area (Å²) in [5, 5.41) is 0.932. The van der Waals surface area contributed by atoms with Gasteiger partial charge in [-0.2, -0.15) is 0 Å². The summed E-state index contributed by atoms with van der Waals surface area (Å²) in [4.78, 5) is 10.2. The van der Waals surface area contributed by atoms with Gasteiger partial charge >= 0.3 is 6.41 Å². The van der Waals surface area contributed by atoms with Gasteiger partial charge in [-0.15, -0.1) is 0 Å². The average molecular weight is 209 g/mol. The van der Waals surface area contributed by atoms with E-state index in [1.807, 2.05) is 0 Å². The van der Waals surface area contributed by atoms with E-state index in [4.69, 9.17) is 15.3 Å². The van der Waals surface area contributed by atoms with Crippen molar-refractivity contribution in [3.8, 4) is 11.5 Å². The highest BCUT2D eigenvalue weighted by Gasteiger charge is 2.05. The number of hydrogen-bond acceptors (Lipinski definition) is 4. The first-order valence-electron chi connectivity index (χ1n) is 4.32. The third kappa shape index (κ3) is 2.85. The van der Waals surface area contributed by atoms with E-state index in [0.717, 1.165) is 10.6 Å². The Kier molecular flexibility index (Phi) is 3.93. The fourth-order valence-electron chi connectivity index (χ4n) is 1.21. The molecule has 1 radical (unpaired) electrons. The number of methoxy groups -OCH3 is 2. The molecule has 0 atom stereocenters. The Bertz CT molecular complexity index is 341. The molecule has 0 aliphatic heterocycles. The van der Waals surface area contributed by atoms with Crippen molar-refractivity contribution in [2.75, 3.05) is 14.2 Å². The summed E-state index contributed by atoms with van der Waals surface area (Å²) in [7, 11) is 3.11. The SMILES string of the molecule is COc1ccc(CN(N)[C]=O)cc1OC. The quantitative estimate of drug-likeness (QED) is 0.331. The molecule has 0 saturated heterocycles. The maximum atomic E-state index is 10.2. The van der Waals surface area contributed by atoms with Gasteiger partial charge in [-0.25, -0.2) is 5.84 Å². The molecule has 0 bridgehead atoms. The van der Waals surface area contributed by atoms with Crippen LogP contribution in [0.5, 0.6) is 11.5 Å². The van der Waals surface area contributed by atoms with Crippen LogP contribution in [0.4, 0.5) is 0 Å². The molecule has 0 aromatic heterocycles. The number of nitrogens with zero attached hydrogens (tertiary/aromatic N) is 1. The van der Waals surface area contributed by atoms with Crippen molar-refractivity contribution in [1.82, 2.24) is 5.01 Å². The van der Waals surface area contributed by atoms with Crippen LogP contribution in [0.15, 0.2) is 18.2 Å². The van der Waals surface area contributed by atoms with Gasteiger partial charge < -0.3 is 9.47 Å². The van der Waals surface area contributed by atoms with Crippen LogP contribution in [0.25, 0.3) is 0 Å². The predicted molar refractivity (Wildman–Crippen MR) is 55.0 cm³/mol. The lowest BCUT2D eigenvalue weighted by Gasteiger charge is -2.12. The van der Waals surface area contributed by atoms with Crippen LogP contribution in [-0.2, 0) is 11.3 Å². The predicted octanol–water partition coefficient (Wildman–Crippen LogP) is 0.447. The van der Waals surface area contributed by atoms with Gasteiger partial charge in [0, 0.05) is 0 Å². The molecule has 1 rings (SSSR count). The Balaban J connectivity index is 2.87. The minimum absolute atomic E-state index is 0.282. The van der Waals surface area contributed by atoms with Gasteiger partial charge in [0.05, 0.1) is 20.8 Å². The van der Waals surface area contributed by atoms with E-state index >= 15 is 0 Å². The molecule has 0 aliphatic rings. The fourth-order valence-corrected chi connectivity index (χ4v) is 1.21. The smallest absolute Gasteiger partial charge is 0.327 e. The standard InChI is InChI=1S/C10H13N2O3/c1-14-9-4-3-8(5-10(9)15-2)6-12(11)7-13/h3-5H,6,11H2,1-2H3. The topological polar surface area (TPSA) is 64.8 Å². The molecule has 1 aromatic carbocycles. The van der Waals surface area contributed by atoms with E-state index in [1.54, 1.807) is 38.8 Å². The number of nitrogens with two attached hydrogens (primary N) is 1. The molecule has 81 valence electrons. The molecule has 15 heavy (non-hydrogen) atoms. The summed E-state index contributed by atoms with van der Waals surface area (Å²) in [6.07, 6.45) is 1.57. The third-order valence-corrected chi connectivity index (χ3v) is 1.92. The molecule has 0 aliphatic carbocycles. The Morgan fingerprint density at radius 1 is 1.33 bits per heavy atom. The van der Waals surface area contributed by atoms with Crippen molar-refractivity contribution in [2.45, 2.75) is 6.54 Å². The van der Waals surface area contributed by atoms with Gasteiger partial charge in [0.15, 0.2) is 11.5 Å². The van der Waals surface area contributed by atoms with E-state index in [-0.39, 0.29) is 6.54 Å². The van der Waals surface area contributed by atoms with Crippen LogP contribution in [0.3, 0.4) is 0 Å². The van der Waals surface area contributed by atoms with Gasteiger partial charge in [-0.1, -0.05) is 6.07 Å².